The quantitative estimate of drug-likeness (QED) is 0.893. The van der Waals surface area contributed by atoms with Crippen molar-refractivity contribution in [2.75, 3.05) is 20.8 Å². The van der Waals surface area contributed by atoms with Crippen LogP contribution in [0.25, 0.3) is 0 Å². The summed E-state index contributed by atoms with van der Waals surface area (Å²) in [5, 5.41) is 3.59. The zero-order chi connectivity index (χ0) is 13.3. The molecule has 1 aromatic carbocycles. The second-order valence-electron chi connectivity index (χ2n) is 5.27. The van der Waals surface area contributed by atoms with E-state index in [1.807, 2.05) is 0 Å². The third-order valence-electron chi connectivity index (χ3n) is 4.18. The van der Waals surface area contributed by atoms with Crippen LogP contribution < -0.4 is 14.8 Å². The Kier molecular flexibility index (Phi) is 3.53. The van der Waals surface area contributed by atoms with Gasteiger partial charge in [-0.3, -0.25) is 0 Å². The van der Waals surface area contributed by atoms with Crippen LogP contribution in [0.5, 0.6) is 11.5 Å². The van der Waals surface area contributed by atoms with Crippen LogP contribution in [0, 0.1) is 13.8 Å². The highest BCUT2D eigenvalue weighted by Gasteiger charge is 2.34. The lowest BCUT2D eigenvalue weighted by atomic mass is 9.87. The van der Waals surface area contributed by atoms with E-state index in [0.717, 1.165) is 30.0 Å². The van der Waals surface area contributed by atoms with Crippen LogP contribution in [0.3, 0.4) is 0 Å². The van der Waals surface area contributed by atoms with Gasteiger partial charge in [0.05, 0.1) is 14.2 Å². The van der Waals surface area contributed by atoms with Crippen LogP contribution in [-0.2, 0) is 5.54 Å². The number of hydrogen-bond donors (Lipinski definition) is 1. The standard InChI is InChI=1S/C15H23NO2/c1-10-11(2)14(18-5)12(9-13(10)17-4)15(3)7-6-8-16-15/h9,16H,6-8H2,1-5H3. The molecule has 0 aromatic heterocycles. The largest absolute Gasteiger partial charge is 0.496 e. The summed E-state index contributed by atoms with van der Waals surface area (Å²) in [7, 11) is 3.47. The van der Waals surface area contributed by atoms with E-state index in [2.05, 4.69) is 32.2 Å². The lowest BCUT2D eigenvalue weighted by Crippen LogP contribution is -2.33. The number of nitrogens with one attached hydrogen (secondary N) is 1. The summed E-state index contributed by atoms with van der Waals surface area (Å²) in [5.74, 6) is 1.93. The number of benzene rings is 1. The Morgan fingerprint density at radius 2 is 1.89 bits per heavy atom. The van der Waals surface area contributed by atoms with Crippen LogP contribution in [-0.4, -0.2) is 20.8 Å². The summed E-state index contributed by atoms with van der Waals surface area (Å²) in [6, 6.07) is 2.12. The van der Waals surface area contributed by atoms with Gasteiger partial charge in [0.1, 0.15) is 11.5 Å². The van der Waals surface area contributed by atoms with Gasteiger partial charge in [-0.2, -0.15) is 0 Å². The Bertz CT molecular complexity index is 448. The Balaban J connectivity index is 2.61. The van der Waals surface area contributed by atoms with Gasteiger partial charge in [0.25, 0.3) is 0 Å². The Labute approximate surface area is 109 Å². The van der Waals surface area contributed by atoms with Gasteiger partial charge in [-0.25, -0.2) is 0 Å². The molecule has 2 rings (SSSR count). The van der Waals surface area contributed by atoms with E-state index < -0.39 is 0 Å². The average molecular weight is 249 g/mol. The third-order valence-corrected chi connectivity index (χ3v) is 4.18. The molecule has 1 fully saturated rings. The minimum Gasteiger partial charge on any atom is -0.496 e. The minimum atomic E-state index is -0.00289. The van der Waals surface area contributed by atoms with E-state index in [9.17, 15) is 0 Å². The van der Waals surface area contributed by atoms with E-state index >= 15 is 0 Å². The molecule has 0 amide bonds. The van der Waals surface area contributed by atoms with Crippen LogP contribution in [0.2, 0.25) is 0 Å². The summed E-state index contributed by atoms with van der Waals surface area (Å²) < 4.78 is 11.1. The number of methoxy groups -OCH3 is 2. The predicted molar refractivity (Wildman–Crippen MR) is 73.6 cm³/mol. The van der Waals surface area contributed by atoms with Gasteiger partial charge >= 0.3 is 0 Å². The fourth-order valence-corrected chi connectivity index (χ4v) is 2.87. The van der Waals surface area contributed by atoms with Crippen molar-refractivity contribution >= 4 is 0 Å². The number of ether oxygens (including phenoxy) is 2. The first-order chi connectivity index (χ1) is 8.53. The molecule has 1 aliphatic heterocycles. The number of rotatable bonds is 3. The second kappa shape index (κ2) is 4.81. The molecule has 1 N–H and O–H groups in total. The maximum absolute atomic E-state index is 5.64. The highest BCUT2D eigenvalue weighted by molar-refractivity contribution is 5.55. The molecule has 0 spiro atoms. The summed E-state index contributed by atoms with van der Waals surface area (Å²) in [6.07, 6.45) is 2.34. The summed E-state index contributed by atoms with van der Waals surface area (Å²) in [4.78, 5) is 0. The van der Waals surface area contributed by atoms with Crippen LogP contribution in [0.4, 0.5) is 0 Å². The van der Waals surface area contributed by atoms with E-state index in [1.165, 1.54) is 17.5 Å². The fraction of sp³-hybridized carbons (Fsp3) is 0.600. The predicted octanol–water partition coefficient (Wildman–Crippen LogP) is 2.92. The highest BCUT2D eigenvalue weighted by atomic mass is 16.5. The zero-order valence-electron chi connectivity index (χ0n) is 12.0. The van der Waals surface area contributed by atoms with Gasteiger partial charge < -0.3 is 14.8 Å². The molecule has 100 valence electrons. The van der Waals surface area contributed by atoms with Gasteiger partial charge in [-0.15, -0.1) is 0 Å². The normalized spacial score (nSPS) is 23.2. The van der Waals surface area contributed by atoms with Gasteiger partial charge in [-0.05, 0) is 57.4 Å². The average Bonchev–Trinajstić information content (AvgIpc) is 2.80. The van der Waals surface area contributed by atoms with E-state index in [4.69, 9.17) is 9.47 Å². The van der Waals surface area contributed by atoms with E-state index in [-0.39, 0.29) is 5.54 Å². The van der Waals surface area contributed by atoms with Gasteiger partial charge in [0.15, 0.2) is 0 Å². The smallest absolute Gasteiger partial charge is 0.127 e. The monoisotopic (exact) mass is 249 g/mol. The molecule has 3 heteroatoms. The maximum atomic E-state index is 5.64. The van der Waals surface area contributed by atoms with Crippen molar-refractivity contribution in [1.29, 1.82) is 0 Å². The molecule has 1 aliphatic rings. The van der Waals surface area contributed by atoms with Crippen LogP contribution >= 0.6 is 0 Å². The Hall–Kier alpha value is -1.22. The topological polar surface area (TPSA) is 30.5 Å². The fourth-order valence-electron chi connectivity index (χ4n) is 2.87. The summed E-state index contributed by atoms with van der Waals surface area (Å²) >= 11 is 0. The second-order valence-corrected chi connectivity index (χ2v) is 5.27. The molecule has 1 atom stereocenters. The minimum absolute atomic E-state index is 0.00289. The summed E-state index contributed by atoms with van der Waals surface area (Å²) in [6.45, 7) is 7.48. The maximum Gasteiger partial charge on any atom is 0.127 e. The van der Waals surface area contributed by atoms with Crippen molar-refractivity contribution in [2.45, 2.75) is 39.2 Å². The highest BCUT2D eigenvalue weighted by Crippen LogP contribution is 2.42. The molecule has 0 saturated carbocycles. The van der Waals surface area contributed by atoms with Crippen molar-refractivity contribution in [3.8, 4) is 11.5 Å². The molecular formula is C15H23NO2. The Morgan fingerprint density at radius 3 is 2.39 bits per heavy atom. The van der Waals surface area contributed by atoms with Crippen molar-refractivity contribution < 1.29 is 9.47 Å². The first kappa shape index (κ1) is 13.2. The van der Waals surface area contributed by atoms with Crippen LogP contribution in [0.1, 0.15) is 36.5 Å². The summed E-state index contributed by atoms with van der Waals surface area (Å²) in [5.41, 5.74) is 3.53. The van der Waals surface area contributed by atoms with Crippen LogP contribution in [0.15, 0.2) is 6.07 Å². The molecule has 1 heterocycles. The zero-order valence-corrected chi connectivity index (χ0v) is 12.0. The molecule has 1 aromatic rings. The van der Waals surface area contributed by atoms with Gasteiger partial charge in [0.2, 0.25) is 0 Å². The number of hydrogen-bond acceptors (Lipinski definition) is 3. The molecule has 1 unspecified atom stereocenters. The molecule has 18 heavy (non-hydrogen) atoms. The molecule has 3 nitrogen and oxygen atoms in total. The van der Waals surface area contributed by atoms with Crippen molar-refractivity contribution in [1.82, 2.24) is 5.32 Å². The van der Waals surface area contributed by atoms with Crippen molar-refractivity contribution in [3.05, 3.63) is 22.8 Å². The van der Waals surface area contributed by atoms with Crippen molar-refractivity contribution in [3.63, 3.8) is 0 Å². The van der Waals surface area contributed by atoms with Gasteiger partial charge in [0, 0.05) is 11.1 Å². The lowest BCUT2D eigenvalue weighted by molar-refractivity contribution is 0.360. The Morgan fingerprint density at radius 1 is 1.17 bits per heavy atom. The van der Waals surface area contributed by atoms with Crippen molar-refractivity contribution in [2.24, 2.45) is 0 Å². The lowest BCUT2D eigenvalue weighted by Gasteiger charge is -2.29. The molecule has 0 radical (unpaired) electrons. The van der Waals surface area contributed by atoms with E-state index in [0.29, 0.717) is 0 Å². The van der Waals surface area contributed by atoms with Gasteiger partial charge in [-0.1, -0.05) is 0 Å². The first-order valence-corrected chi connectivity index (χ1v) is 6.51. The third kappa shape index (κ3) is 1.97. The molecular weight excluding hydrogens is 226 g/mol. The first-order valence-electron chi connectivity index (χ1n) is 6.51. The molecule has 1 saturated heterocycles. The van der Waals surface area contributed by atoms with E-state index in [1.54, 1.807) is 14.2 Å². The molecule has 0 aliphatic carbocycles. The SMILES string of the molecule is COc1cc(C2(C)CCCN2)c(OC)c(C)c1C. The molecule has 0 bridgehead atoms.